The molecule has 2 nitrogen and oxygen atoms in total. The zero-order valence-electron chi connectivity index (χ0n) is 9.81. The van der Waals surface area contributed by atoms with Crippen molar-refractivity contribution in [1.29, 1.82) is 0 Å². The van der Waals surface area contributed by atoms with Crippen LogP contribution >= 0.6 is 11.3 Å². The second kappa shape index (κ2) is 5.32. The van der Waals surface area contributed by atoms with Crippen LogP contribution in [0.3, 0.4) is 0 Å². The molecular formula is C13H18N2S. The Hall–Kier alpha value is -1.06. The van der Waals surface area contributed by atoms with E-state index in [1.165, 1.54) is 10.4 Å². The lowest BCUT2D eigenvalue weighted by Gasteiger charge is -2.10. The Bertz CT molecular complexity index is 417. The molecule has 86 valence electrons. The van der Waals surface area contributed by atoms with Gasteiger partial charge in [0.15, 0.2) is 0 Å². The molecule has 1 N–H and O–H groups in total. The van der Waals surface area contributed by atoms with Crippen molar-refractivity contribution < 1.29 is 0 Å². The number of hydrogen-bond donors (Lipinski definition) is 1. The first-order valence-electron chi connectivity index (χ1n) is 5.71. The van der Waals surface area contributed by atoms with Crippen molar-refractivity contribution in [3.05, 3.63) is 46.4 Å². The fraction of sp³-hybridized carbons (Fsp3) is 0.385. The molecule has 0 aromatic carbocycles. The predicted molar refractivity (Wildman–Crippen MR) is 69.7 cm³/mol. The quantitative estimate of drug-likeness (QED) is 0.839. The van der Waals surface area contributed by atoms with E-state index in [0.29, 0.717) is 6.04 Å². The third-order valence-electron chi connectivity index (χ3n) is 2.76. The van der Waals surface area contributed by atoms with Crippen LogP contribution in [0.4, 0.5) is 0 Å². The van der Waals surface area contributed by atoms with Crippen molar-refractivity contribution >= 4 is 11.3 Å². The number of aromatic nitrogens is 1. The number of rotatable bonds is 5. The van der Waals surface area contributed by atoms with Gasteiger partial charge in [0.05, 0.1) is 0 Å². The van der Waals surface area contributed by atoms with Crippen LogP contribution in [0.25, 0.3) is 0 Å². The summed E-state index contributed by atoms with van der Waals surface area (Å²) >= 11 is 1.81. The van der Waals surface area contributed by atoms with Crippen LogP contribution in [0.2, 0.25) is 0 Å². The highest BCUT2D eigenvalue weighted by molar-refractivity contribution is 7.10. The first kappa shape index (κ1) is 11.4. The molecule has 0 aliphatic heterocycles. The molecule has 2 aromatic heterocycles. The maximum absolute atomic E-state index is 3.54. The van der Waals surface area contributed by atoms with E-state index in [1.807, 2.05) is 11.3 Å². The molecule has 2 heterocycles. The van der Waals surface area contributed by atoms with E-state index in [0.717, 1.165) is 13.1 Å². The predicted octanol–water partition coefficient (Wildman–Crippen LogP) is 3.42. The van der Waals surface area contributed by atoms with Crippen molar-refractivity contribution in [2.45, 2.75) is 33.0 Å². The Balaban J connectivity index is 1.87. The van der Waals surface area contributed by atoms with E-state index in [4.69, 9.17) is 0 Å². The summed E-state index contributed by atoms with van der Waals surface area (Å²) in [6.45, 7) is 6.35. The van der Waals surface area contributed by atoms with Crippen molar-refractivity contribution in [3.63, 3.8) is 0 Å². The summed E-state index contributed by atoms with van der Waals surface area (Å²) in [6.07, 6.45) is 4.33. The van der Waals surface area contributed by atoms with Gasteiger partial charge in [-0.2, -0.15) is 0 Å². The van der Waals surface area contributed by atoms with Crippen LogP contribution in [0.5, 0.6) is 0 Å². The van der Waals surface area contributed by atoms with Crippen LogP contribution < -0.4 is 5.32 Å². The number of aryl methyl sites for hydroxylation is 1. The van der Waals surface area contributed by atoms with Gasteiger partial charge in [-0.05, 0) is 36.9 Å². The average molecular weight is 234 g/mol. The summed E-state index contributed by atoms with van der Waals surface area (Å²) in [5, 5.41) is 5.66. The van der Waals surface area contributed by atoms with Gasteiger partial charge in [0, 0.05) is 36.4 Å². The van der Waals surface area contributed by atoms with Crippen LogP contribution in [0.15, 0.2) is 36.0 Å². The Labute approximate surface area is 101 Å². The van der Waals surface area contributed by atoms with Crippen molar-refractivity contribution in [3.8, 4) is 0 Å². The van der Waals surface area contributed by atoms with Gasteiger partial charge in [-0.15, -0.1) is 11.3 Å². The topological polar surface area (TPSA) is 17.0 Å². The minimum absolute atomic E-state index is 0.435. The maximum atomic E-state index is 3.54. The molecule has 1 atom stereocenters. The van der Waals surface area contributed by atoms with Crippen molar-refractivity contribution in [1.82, 2.24) is 9.88 Å². The highest BCUT2D eigenvalue weighted by atomic mass is 32.1. The summed E-state index contributed by atoms with van der Waals surface area (Å²) < 4.78 is 2.20. The minimum atomic E-state index is 0.435. The maximum Gasteiger partial charge on any atom is 0.0388 e. The normalized spacial score (nSPS) is 12.9. The molecule has 16 heavy (non-hydrogen) atoms. The Morgan fingerprint density at radius 3 is 2.94 bits per heavy atom. The lowest BCUT2D eigenvalue weighted by atomic mass is 10.2. The second-order valence-corrected chi connectivity index (χ2v) is 4.95. The largest absolute Gasteiger partial charge is 0.354 e. The van der Waals surface area contributed by atoms with Crippen LogP contribution in [-0.4, -0.2) is 4.57 Å². The van der Waals surface area contributed by atoms with Gasteiger partial charge >= 0.3 is 0 Å². The van der Waals surface area contributed by atoms with Gasteiger partial charge < -0.3 is 9.88 Å². The molecule has 0 unspecified atom stereocenters. The lowest BCUT2D eigenvalue weighted by Crippen LogP contribution is -2.16. The molecule has 2 aromatic rings. The molecule has 0 aliphatic rings. The van der Waals surface area contributed by atoms with Gasteiger partial charge in [0.1, 0.15) is 0 Å². The Kier molecular flexibility index (Phi) is 3.80. The van der Waals surface area contributed by atoms with E-state index < -0.39 is 0 Å². The molecular weight excluding hydrogens is 216 g/mol. The minimum Gasteiger partial charge on any atom is -0.354 e. The molecule has 2 rings (SSSR count). The molecule has 3 heteroatoms. The molecule has 0 saturated heterocycles. The summed E-state index contributed by atoms with van der Waals surface area (Å²) in [5.74, 6) is 0. The first-order chi connectivity index (χ1) is 7.79. The number of hydrogen-bond acceptors (Lipinski definition) is 2. The average Bonchev–Trinajstić information content (AvgIpc) is 2.96. The third-order valence-corrected chi connectivity index (χ3v) is 3.81. The molecule has 0 aliphatic carbocycles. The second-order valence-electron chi connectivity index (χ2n) is 3.97. The van der Waals surface area contributed by atoms with Gasteiger partial charge in [0.25, 0.3) is 0 Å². The zero-order valence-corrected chi connectivity index (χ0v) is 10.6. The van der Waals surface area contributed by atoms with E-state index in [9.17, 15) is 0 Å². The van der Waals surface area contributed by atoms with Gasteiger partial charge in [-0.3, -0.25) is 0 Å². The fourth-order valence-corrected chi connectivity index (χ4v) is 2.46. The molecule has 0 spiro atoms. The highest BCUT2D eigenvalue weighted by Crippen LogP contribution is 2.18. The molecule has 0 radical (unpaired) electrons. The number of nitrogens with zero attached hydrogens (tertiary/aromatic N) is 1. The number of nitrogens with one attached hydrogen (secondary N) is 1. The summed E-state index contributed by atoms with van der Waals surface area (Å²) in [7, 11) is 0. The molecule has 0 amide bonds. The zero-order chi connectivity index (χ0) is 11.4. The Morgan fingerprint density at radius 1 is 1.44 bits per heavy atom. The lowest BCUT2D eigenvalue weighted by molar-refractivity contribution is 0.582. The van der Waals surface area contributed by atoms with Crippen LogP contribution in [0.1, 0.15) is 30.3 Å². The third kappa shape index (κ3) is 2.74. The Morgan fingerprint density at radius 2 is 2.31 bits per heavy atom. The standard InChI is InChI=1S/C13H18N2S/c1-3-15-7-6-12(10-15)9-14-11(2)13-5-4-8-16-13/h4-8,10-11,14H,3,9H2,1-2H3/t11-/m0/s1. The van der Waals surface area contributed by atoms with E-state index in [1.54, 1.807) is 0 Å². The van der Waals surface area contributed by atoms with Gasteiger partial charge in [-0.1, -0.05) is 6.07 Å². The summed E-state index contributed by atoms with van der Waals surface area (Å²) in [6, 6.07) is 6.90. The van der Waals surface area contributed by atoms with E-state index in [-0.39, 0.29) is 0 Å². The highest BCUT2D eigenvalue weighted by Gasteiger charge is 2.05. The van der Waals surface area contributed by atoms with Crippen LogP contribution in [0, 0.1) is 0 Å². The van der Waals surface area contributed by atoms with Crippen molar-refractivity contribution in [2.75, 3.05) is 0 Å². The van der Waals surface area contributed by atoms with Gasteiger partial charge in [0.2, 0.25) is 0 Å². The SMILES string of the molecule is CCn1ccc(CN[C@@H](C)c2cccs2)c1. The van der Waals surface area contributed by atoms with E-state index >= 15 is 0 Å². The fourth-order valence-electron chi connectivity index (χ4n) is 1.70. The summed E-state index contributed by atoms with van der Waals surface area (Å²) in [5.41, 5.74) is 1.35. The molecule has 0 bridgehead atoms. The number of thiophene rings is 1. The van der Waals surface area contributed by atoms with Gasteiger partial charge in [-0.25, -0.2) is 0 Å². The molecule has 0 saturated carbocycles. The van der Waals surface area contributed by atoms with Crippen LogP contribution in [-0.2, 0) is 13.1 Å². The smallest absolute Gasteiger partial charge is 0.0388 e. The molecule has 0 fully saturated rings. The summed E-state index contributed by atoms with van der Waals surface area (Å²) in [4.78, 5) is 1.40. The van der Waals surface area contributed by atoms with Crippen molar-refractivity contribution in [2.24, 2.45) is 0 Å². The first-order valence-corrected chi connectivity index (χ1v) is 6.59. The monoisotopic (exact) mass is 234 g/mol. The van der Waals surface area contributed by atoms with E-state index in [2.05, 4.69) is 59.7 Å².